The molecular formula is C12H20N2. The number of hydrogen-bond acceptors (Lipinski definition) is 2. The third kappa shape index (κ3) is 2.74. The van der Waals surface area contributed by atoms with Gasteiger partial charge in [0.2, 0.25) is 0 Å². The molecule has 0 fully saturated rings. The summed E-state index contributed by atoms with van der Waals surface area (Å²) in [5.41, 5.74) is 9.32. The Labute approximate surface area is 86.5 Å². The number of aryl methyl sites for hydroxylation is 1. The fourth-order valence-electron chi connectivity index (χ4n) is 1.40. The molecule has 0 heterocycles. The zero-order chi connectivity index (χ0) is 10.6. The van der Waals surface area contributed by atoms with Crippen LogP contribution < -0.4 is 11.1 Å². The molecular weight excluding hydrogens is 172 g/mol. The van der Waals surface area contributed by atoms with Gasteiger partial charge in [-0.25, -0.2) is 0 Å². The van der Waals surface area contributed by atoms with Gasteiger partial charge >= 0.3 is 0 Å². The first-order valence-corrected chi connectivity index (χ1v) is 5.19. The first-order chi connectivity index (χ1) is 6.65. The first-order valence-electron chi connectivity index (χ1n) is 5.19. The van der Waals surface area contributed by atoms with E-state index in [9.17, 15) is 0 Å². The molecule has 0 amide bonds. The molecule has 0 aromatic heterocycles. The van der Waals surface area contributed by atoms with Crippen LogP contribution in [0, 0.1) is 6.92 Å². The third-order valence-electron chi connectivity index (χ3n) is 2.39. The molecule has 0 spiro atoms. The van der Waals surface area contributed by atoms with E-state index in [4.69, 9.17) is 5.73 Å². The fraction of sp³-hybridized carbons (Fsp3) is 0.500. The summed E-state index contributed by atoms with van der Waals surface area (Å²) in [5.74, 6) is 0.578. The summed E-state index contributed by atoms with van der Waals surface area (Å²) in [5, 5.41) is 3.33. The maximum atomic E-state index is 5.46. The molecule has 3 N–H and O–H groups in total. The van der Waals surface area contributed by atoms with Crippen molar-refractivity contribution >= 4 is 5.69 Å². The molecule has 2 heteroatoms. The molecule has 0 aliphatic carbocycles. The maximum absolute atomic E-state index is 5.46. The number of nitrogens with two attached hydrogens (primary N) is 1. The number of nitrogens with one attached hydrogen (secondary N) is 1. The second-order valence-corrected chi connectivity index (χ2v) is 3.94. The average molecular weight is 192 g/mol. The maximum Gasteiger partial charge on any atom is 0.0373 e. The van der Waals surface area contributed by atoms with Crippen molar-refractivity contribution in [2.45, 2.75) is 26.7 Å². The Morgan fingerprint density at radius 1 is 1.36 bits per heavy atom. The monoisotopic (exact) mass is 192 g/mol. The van der Waals surface area contributed by atoms with Gasteiger partial charge in [0, 0.05) is 18.8 Å². The van der Waals surface area contributed by atoms with Crippen LogP contribution in [0.15, 0.2) is 18.2 Å². The van der Waals surface area contributed by atoms with Gasteiger partial charge in [0.15, 0.2) is 0 Å². The minimum absolute atomic E-state index is 0.578. The van der Waals surface area contributed by atoms with Gasteiger partial charge in [0.25, 0.3) is 0 Å². The Kier molecular flexibility index (Phi) is 3.96. The van der Waals surface area contributed by atoms with Gasteiger partial charge in [-0.05, 0) is 30.0 Å². The lowest BCUT2D eigenvalue weighted by molar-refractivity contribution is 0.865. The zero-order valence-electron chi connectivity index (χ0n) is 9.30. The van der Waals surface area contributed by atoms with E-state index >= 15 is 0 Å². The largest absolute Gasteiger partial charge is 0.384 e. The van der Waals surface area contributed by atoms with Crippen molar-refractivity contribution in [1.82, 2.24) is 0 Å². The summed E-state index contributed by atoms with van der Waals surface area (Å²) in [6, 6.07) is 6.57. The Balaban J connectivity index is 2.85. The number of hydrogen-bond donors (Lipinski definition) is 2. The molecule has 1 aromatic carbocycles. The standard InChI is InChI=1S/C12H20N2/c1-9(2)11-5-4-10(3)12(8-11)14-7-6-13/h4-5,8-9,14H,6-7,13H2,1-3H3. The van der Waals surface area contributed by atoms with E-state index in [-0.39, 0.29) is 0 Å². The van der Waals surface area contributed by atoms with Crippen molar-refractivity contribution in [2.75, 3.05) is 18.4 Å². The van der Waals surface area contributed by atoms with Crippen LogP contribution in [0.25, 0.3) is 0 Å². The van der Waals surface area contributed by atoms with Gasteiger partial charge < -0.3 is 11.1 Å². The van der Waals surface area contributed by atoms with E-state index < -0.39 is 0 Å². The zero-order valence-corrected chi connectivity index (χ0v) is 9.30. The number of rotatable bonds is 4. The fourth-order valence-corrected chi connectivity index (χ4v) is 1.40. The summed E-state index contributed by atoms with van der Waals surface area (Å²) in [4.78, 5) is 0. The van der Waals surface area contributed by atoms with Crippen molar-refractivity contribution < 1.29 is 0 Å². The van der Waals surface area contributed by atoms with E-state index in [0.29, 0.717) is 12.5 Å². The highest BCUT2D eigenvalue weighted by Gasteiger charge is 2.02. The summed E-state index contributed by atoms with van der Waals surface area (Å²) in [7, 11) is 0. The molecule has 0 saturated heterocycles. The first kappa shape index (κ1) is 11.1. The Morgan fingerprint density at radius 3 is 2.64 bits per heavy atom. The second-order valence-electron chi connectivity index (χ2n) is 3.94. The third-order valence-corrected chi connectivity index (χ3v) is 2.39. The number of benzene rings is 1. The molecule has 0 aliphatic heterocycles. The molecule has 0 atom stereocenters. The minimum Gasteiger partial charge on any atom is -0.384 e. The molecule has 14 heavy (non-hydrogen) atoms. The van der Waals surface area contributed by atoms with Crippen LogP contribution >= 0.6 is 0 Å². The summed E-state index contributed by atoms with van der Waals surface area (Å²) >= 11 is 0. The lowest BCUT2D eigenvalue weighted by Crippen LogP contribution is -2.13. The normalized spacial score (nSPS) is 10.6. The summed E-state index contributed by atoms with van der Waals surface area (Å²) in [6.07, 6.45) is 0. The Bertz CT molecular complexity index is 292. The average Bonchev–Trinajstić information content (AvgIpc) is 2.16. The van der Waals surface area contributed by atoms with E-state index in [1.165, 1.54) is 16.8 Å². The molecule has 0 unspecified atom stereocenters. The Morgan fingerprint density at radius 2 is 2.07 bits per heavy atom. The highest BCUT2D eigenvalue weighted by atomic mass is 14.9. The van der Waals surface area contributed by atoms with Crippen molar-refractivity contribution in [3.05, 3.63) is 29.3 Å². The summed E-state index contributed by atoms with van der Waals surface area (Å²) < 4.78 is 0. The van der Waals surface area contributed by atoms with Crippen molar-refractivity contribution in [3.8, 4) is 0 Å². The SMILES string of the molecule is Cc1ccc(C(C)C)cc1NCCN. The van der Waals surface area contributed by atoms with Crippen LogP contribution in [0.4, 0.5) is 5.69 Å². The van der Waals surface area contributed by atoms with Crippen molar-refractivity contribution in [1.29, 1.82) is 0 Å². The van der Waals surface area contributed by atoms with Gasteiger partial charge in [0.1, 0.15) is 0 Å². The Hall–Kier alpha value is -1.02. The van der Waals surface area contributed by atoms with E-state index in [1.54, 1.807) is 0 Å². The van der Waals surface area contributed by atoms with Gasteiger partial charge in [-0.2, -0.15) is 0 Å². The lowest BCUT2D eigenvalue weighted by Gasteiger charge is -2.12. The molecule has 1 aromatic rings. The summed E-state index contributed by atoms with van der Waals surface area (Å²) in [6.45, 7) is 8.03. The van der Waals surface area contributed by atoms with Crippen molar-refractivity contribution in [3.63, 3.8) is 0 Å². The highest BCUT2D eigenvalue weighted by Crippen LogP contribution is 2.21. The highest BCUT2D eigenvalue weighted by molar-refractivity contribution is 5.53. The van der Waals surface area contributed by atoms with Crippen LogP contribution in [-0.2, 0) is 0 Å². The molecule has 0 radical (unpaired) electrons. The van der Waals surface area contributed by atoms with E-state index in [2.05, 4.69) is 44.3 Å². The molecule has 2 nitrogen and oxygen atoms in total. The lowest BCUT2D eigenvalue weighted by atomic mass is 10.0. The van der Waals surface area contributed by atoms with Crippen molar-refractivity contribution in [2.24, 2.45) is 5.73 Å². The van der Waals surface area contributed by atoms with Crippen LogP contribution in [0.1, 0.15) is 30.9 Å². The molecule has 78 valence electrons. The molecule has 0 bridgehead atoms. The minimum atomic E-state index is 0.578. The van der Waals surface area contributed by atoms with Crippen LogP contribution in [0.2, 0.25) is 0 Å². The van der Waals surface area contributed by atoms with Crippen LogP contribution in [0.5, 0.6) is 0 Å². The molecule has 0 saturated carbocycles. The van der Waals surface area contributed by atoms with E-state index in [1.807, 2.05) is 0 Å². The smallest absolute Gasteiger partial charge is 0.0373 e. The topological polar surface area (TPSA) is 38.0 Å². The molecule has 0 aliphatic rings. The van der Waals surface area contributed by atoms with Crippen LogP contribution in [-0.4, -0.2) is 13.1 Å². The van der Waals surface area contributed by atoms with Gasteiger partial charge in [-0.15, -0.1) is 0 Å². The predicted octanol–water partition coefficient (Wildman–Crippen LogP) is 2.49. The van der Waals surface area contributed by atoms with Gasteiger partial charge in [0.05, 0.1) is 0 Å². The van der Waals surface area contributed by atoms with Crippen LogP contribution in [0.3, 0.4) is 0 Å². The predicted molar refractivity (Wildman–Crippen MR) is 62.8 cm³/mol. The second kappa shape index (κ2) is 5.01. The van der Waals surface area contributed by atoms with Gasteiger partial charge in [-0.1, -0.05) is 26.0 Å². The number of anilines is 1. The van der Waals surface area contributed by atoms with Gasteiger partial charge in [-0.3, -0.25) is 0 Å². The quantitative estimate of drug-likeness (QED) is 0.769. The molecule has 1 rings (SSSR count). The van der Waals surface area contributed by atoms with E-state index in [0.717, 1.165) is 6.54 Å².